The molecule has 1 aromatic rings. The molecule has 0 amide bonds. The summed E-state index contributed by atoms with van der Waals surface area (Å²) in [4.78, 5) is 12.2. The van der Waals surface area contributed by atoms with E-state index in [0.29, 0.717) is 30.0 Å². The van der Waals surface area contributed by atoms with Gasteiger partial charge in [0.1, 0.15) is 0 Å². The lowest BCUT2D eigenvalue weighted by Gasteiger charge is -2.58. The Morgan fingerprint density at radius 2 is 1.75 bits per heavy atom. The first-order valence-corrected chi connectivity index (χ1v) is 14.2. The van der Waals surface area contributed by atoms with Gasteiger partial charge < -0.3 is 0 Å². The van der Waals surface area contributed by atoms with Crippen molar-refractivity contribution in [3.8, 4) is 0 Å². The minimum absolute atomic E-state index is 0.137. The molecule has 4 nitrogen and oxygen atoms in total. The Morgan fingerprint density at radius 1 is 1.00 bits per heavy atom. The van der Waals surface area contributed by atoms with Gasteiger partial charge >= 0.3 is 0 Å². The Morgan fingerprint density at radius 3 is 2.50 bits per heavy atom. The van der Waals surface area contributed by atoms with Gasteiger partial charge in [0.15, 0.2) is 5.78 Å². The molecule has 6 atom stereocenters. The summed E-state index contributed by atoms with van der Waals surface area (Å²) >= 11 is 3.35. The summed E-state index contributed by atoms with van der Waals surface area (Å²) in [6.07, 6.45) is 10.4. The first kappa shape index (κ1) is 22.8. The number of allylic oxidation sites excluding steroid dienone is 1. The van der Waals surface area contributed by atoms with Crippen LogP contribution in [0.4, 0.5) is 0 Å². The molecule has 0 spiro atoms. The maximum Gasteiger partial charge on any atom is 0.296 e. The third-order valence-corrected chi connectivity index (χ3v) is 11.5. The molecule has 6 heteroatoms. The van der Waals surface area contributed by atoms with E-state index >= 15 is 0 Å². The van der Waals surface area contributed by atoms with E-state index in [1.165, 1.54) is 18.4 Å². The summed E-state index contributed by atoms with van der Waals surface area (Å²) in [6.45, 7) is 5.07. The van der Waals surface area contributed by atoms with E-state index in [1.54, 1.807) is 24.3 Å². The Labute approximate surface area is 200 Å². The molecular weight excluding hydrogens is 488 g/mol. The largest absolute Gasteiger partial charge is 0.296 e. The number of hydrogen-bond acceptors (Lipinski definition) is 4. The molecule has 174 valence electrons. The summed E-state index contributed by atoms with van der Waals surface area (Å²) in [5, 5.41) is 0. The standard InChI is InChI=1S/C26H33BrO4S/c1-25-13-11-20(28)15-17(25)3-9-22-23-10-4-18(26(23,2)14-12-24(22)25)16-31-32(29,30)21-7-5-19(27)6-8-21/h5-8,15,18,22-24H,3-4,9-14,16H2,1-2H3. The van der Waals surface area contributed by atoms with Crippen LogP contribution >= 0.6 is 15.9 Å². The van der Waals surface area contributed by atoms with E-state index in [0.717, 1.165) is 36.6 Å². The quantitative estimate of drug-likeness (QED) is 0.436. The number of halogens is 1. The molecular formula is C26H33BrO4S. The molecule has 0 N–H and O–H groups in total. The zero-order valence-corrected chi connectivity index (χ0v) is 21.4. The van der Waals surface area contributed by atoms with Crippen LogP contribution in [-0.2, 0) is 19.1 Å². The van der Waals surface area contributed by atoms with Crippen LogP contribution < -0.4 is 0 Å². The number of carbonyl (C=O) groups is 1. The lowest BCUT2D eigenvalue weighted by atomic mass is 9.47. The maximum absolute atomic E-state index is 12.7. The van der Waals surface area contributed by atoms with Gasteiger partial charge in [-0.1, -0.05) is 35.4 Å². The predicted octanol–water partition coefficient (Wildman–Crippen LogP) is 6.30. The third-order valence-electron chi connectivity index (χ3n) is 9.69. The molecule has 0 heterocycles. The minimum atomic E-state index is -3.74. The molecule has 32 heavy (non-hydrogen) atoms. The average molecular weight is 522 g/mol. The third kappa shape index (κ3) is 3.65. The number of carbonyl (C=O) groups excluding carboxylic acids is 1. The van der Waals surface area contributed by atoms with E-state index < -0.39 is 10.1 Å². The maximum atomic E-state index is 12.7. The molecule has 4 aliphatic rings. The van der Waals surface area contributed by atoms with Crippen molar-refractivity contribution in [1.29, 1.82) is 0 Å². The highest BCUT2D eigenvalue weighted by atomic mass is 79.9. The van der Waals surface area contributed by atoms with Gasteiger partial charge in [0.05, 0.1) is 11.5 Å². The van der Waals surface area contributed by atoms with E-state index in [9.17, 15) is 13.2 Å². The second kappa shape index (κ2) is 8.06. The lowest BCUT2D eigenvalue weighted by molar-refractivity contribution is -0.117. The van der Waals surface area contributed by atoms with E-state index in [1.807, 2.05) is 6.08 Å². The van der Waals surface area contributed by atoms with Crippen LogP contribution in [0.3, 0.4) is 0 Å². The van der Waals surface area contributed by atoms with Gasteiger partial charge in [0, 0.05) is 10.9 Å². The van der Waals surface area contributed by atoms with Crippen molar-refractivity contribution >= 4 is 31.8 Å². The lowest BCUT2D eigenvalue weighted by Crippen LogP contribution is -2.50. The monoisotopic (exact) mass is 520 g/mol. The van der Waals surface area contributed by atoms with Crippen LogP contribution in [0.5, 0.6) is 0 Å². The van der Waals surface area contributed by atoms with Gasteiger partial charge in [-0.05, 0) is 110 Å². The van der Waals surface area contributed by atoms with Gasteiger partial charge in [0.2, 0.25) is 0 Å². The van der Waals surface area contributed by atoms with Gasteiger partial charge in [-0.15, -0.1) is 0 Å². The van der Waals surface area contributed by atoms with Crippen LogP contribution in [0.1, 0.15) is 65.2 Å². The van der Waals surface area contributed by atoms with Crippen LogP contribution in [0.25, 0.3) is 0 Å². The SMILES string of the molecule is CC12CCC(=O)C=C1CCC1C2CCC2(C)C(COS(=O)(=O)c3ccc(Br)cc3)CCC12. The topological polar surface area (TPSA) is 60.4 Å². The molecule has 0 saturated heterocycles. The van der Waals surface area contributed by atoms with Crippen LogP contribution in [0.2, 0.25) is 0 Å². The predicted molar refractivity (Wildman–Crippen MR) is 127 cm³/mol. The average Bonchev–Trinajstić information content (AvgIpc) is 3.09. The van der Waals surface area contributed by atoms with Crippen molar-refractivity contribution in [2.45, 2.75) is 70.1 Å². The van der Waals surface area contributed by atoms with Gasteiger partial charge in [-0.25, -0.2) is 0 Å². The highest BCUT2D eigenvalue weighted by Gasteiger charge is 2.59. The smallest absolute Gasteiger partial charge is 0.295 e. The van der Waals surface area contributed by atoms with Gasteiger partial charge in [-0.2, -0.15) is 8.42 Å². The molecule has 0 radical (unpaired) electrons. The number of hydrogen-bond donors (Lipinski definition) is 0. The van der Waals surface area contributed by atoms with E-state index in [2.05, 4.69) is 29.8 Å². The molecule has 1 aromatic carbocycles. The Bertz CT molecular complexity index is 1050. The Balaban J connectivity index is 1.32. The summed E-state index contributed by atoms with van der Waals surface area (Å²) in [5.41, 5.74) is 1.72. The highest BCUT2D eigenvalue weighted by Crippen LogP contribution is 2.66. The highest BCUT2D eigenvalue weighted by molar-refractivity contribution is 9.10. The number of benzene rings is 1. The molecule has 3 saturated carbocycles. The Hall–Kier alpha value is -0.980. The molecule has 3 fully saturated rings. The van der Waals surface area contributed by atoms with Crippen molar-refractivity contribution in [3.05, 3.63) is 40.4 Å². The first-order valence-electron chi connectivity index (χ1n) is 12.0. The zero-order valence-electron chi connectivity index (χ0n) is 19.0. The fourth-order valence-corrected chi connectivity index (χ4v) is 9.00. The van der Waals surface area contributed by atoms with Crippen molar-refractivity contribution in [1.82, 2.24) is 0 Å². The summed E-state index contributed by atoms with van der Waals surface area (Å²) in [6, 6.07) is 6.64. The van der Waals surface area contributed by atoms with Crippen LogP contribution in [0, 0.1) is 34.5 Å². The van der Waals surface area contributed by atoms with E-state index in [4.69, 9.17) is 4.18 Å². The second-order valence-electron chi connectivity index (χ2n) is 11.0. The van der Waals surface area contributed by atoms with Gasteiger partial charge in [-0.3, -0.25) is 8.98 Å². The minimum Gasteiger partial charge on any atom is -0.295 e. The molecule has 4 aliphatic carbocycles. The molecule has 0 aromatic heterocycles. The zero-order chi connectivity index (χ0) is 22.7. The normalized spacial score (nSPS) is 39.1. The fraction of sp³-hybridized carbons (Fsp3) is 0.654. The molecule has 0 bridgehead atoms. The van der Waals surface area contributed by atoms with Crippen molar-refractivity contribution in [2.24, 2.45) is 34.5 Å². The summed E-state index contributed by atoms with van der Waals surface area (Å²) < 4.78 is 32.0. The number of ketones is 1. The molecule has 5 rings (SSSR count). The second-order valence-corrected chi connectivity index (χ2v) is 13.5. The van der Waals surface area contributed by atoms with Crippen molar-refractivity contribution < 1.29 is 17.4 Å². The summed E-state index contributed by atoms with van der Waals surface area (Å²) in [7, 11) is -3.74. The van der Waals surface area contributed by atoms with Crippen LogP contribution in [-0.4, -0.2) is 20.8 Å². The number of fused-ring (bicyclic) bond motifs is 5. The van der Waals surface area contributed by atoms with Crippen molar-refractivity contribution in [2.75, 3.05) is 6.61 Å². The first-order chi connectivity index (χ1) is 15.1. The van der Waals surface area contributed by atoms with Gasteiger partial charge in [0.25, 0.3) is 10.1 Å². The van der Waals surface area contributed by atoms with Crippen LogP contribution in [0.15, 0.2) is 45.3 Å². The Kier molecular flexibility index (Phi) is 5.74. The number of rotatable bonds is 4. The summed E-state index contributed by atoms with van der Waals surface area (Å²) in [5.74, 6) is 2.54. The molecule has 6 unspecified atom stereocenters. The fourth-order valence-electron chi connectivity index (χ4n) is 7.78. The molecule has 0 aliphatic heterocycles. The van der Waals surface area contributed by atoms with Crippen molar-refractivity contribution in [3.63, 3.8) is 0 Å². The van der Waals surface area contributed by atoms with E-state index in [-0.39, 0.29) is 28.3 Å².